The molecule has 2 aromatic rings. The zero-order valence-electron chi connectivity index (χ0n) is 11.7. The summed E-state index contributed by atoms with van der Waals surface area (Å²) < 4.78 is 5.11. The number of para-hydroxylation sites is 4. The lowest BCUT2D eigenvalue weighted by molar-refractivity contribution is -0.385. The number of nitrogens with one attached hydrogen (secondary N) is 1. The molecule has 0 atom stereocenters. The lowest BCUT2D eigenvalue weighted by atomic mass is 10.2. The van der Waals surface area contributed by atoms with Crippen LogP contribution >= 0.6 is 0 Å². The molecule has 23 heavy (non-hydrogen) atoms. The summed E-state index contributed by atoms with van der Waals surface area (Å²) in [5.74, 6) is -0.729. The van der Waals surface area contributed by atoms with Crippen molar-refractivity contribution in [3.8, 4) is 5.75 Å². The molecular weight excluding hydrogens is 306 g/mol. The normalized spacial score (nSPS) is 9.91. The summed E-state index contributed by atoms with van der Waals surface area (Å²) in [4.78, 5) is 32.2. The number of benzene rings is 2. The Balaban J connectivity index is 2.04. The quantitative estimate of drug-likeness (QED) is 0.644. The van der Waals surface area contributed by atoms with Crippen LogP contribution in [0.1, 0.15) is 0 Å². The molecule has 0 bridgehead atoms. The highest BCUT2D eigenvalue weighted by molar-refractivity contribution is 5.94. The van der Waals surface area contributed by atoms with E-state index >= 15 is 0 Å². The van der Waals surface area contributed by atoms with Crippen molar-refractivity contribution in [2.24, 2.45) is 0 Å². The molecule has 0 radical (unpaired) electrons. The zero-order valence-corrected chi connectivity index (χ0v) is 11.7. The van der Waals surface area contributed by atoms with Gasteiger partial charge in [-0.05, 0) is 12.1 Å². The molecule has 0 spiro atoms. The van der Waals surface area contributed by atoms with E-state index in [2.05, 4.69) is 5.32 Å². The van der Waals surface area contributed by atoms with Gasteiger partial charge in [0.2, 0.25) is 0 Å². The zero-order chi connectivity index (χ0) is 16.8. The number of anilines is 1. The summed E-state index contributed by atoms with van der Waals surface area (Å²) in [6.45, 7) is -0.517. The molecule has 2 aromatic carbocycles. The van der Waals surface area contributed by atoms with Crippen LogP contribution in [-0.4, -0.2) is 22.4 Å². The average molecular weight is 317 g/mol. The minimum Gasteiger partial charge on any atom is -0.477 e. The van der Waals surface area contributed by atoms with Crippen LogP contribution in [0.3, 0.4) is 0 Å². The summed E-state index contributed by atoms with van der Waals surface area (Å²) in [7, 11) is 0. The third-order valence-corrected chi connectivity index (χ3v) is 2.80. The van der Waals surface area contributed by atoms with Crippen LogP contribution < -0.4 is 10.1 Å². The standard InChI is InChI=1S/C14H11N3O6/c18-14(15-10-5-1-2-6-11(10)16(19)20)9-23-13-8-4-3-7-12(13)17(21)22/h1-8H,9H2,(H,15,18). The van der Waals surface area contributed by atoms with Crippen molar-refractivity contribution < 1.29 is 19.4 Å². The highest BCUT2D eigenvalue weighted by atomic mass is 16.6. The Labute approximate surface area is 129 Å². The molecule has 0 aliphatic heterocycles. The van der Waals surface area contributed by atoms with Crippen LogP contribution in [0.15, 0.2) is 48.5 Å². The first-order valence-corrected chi connectivity index (χ1v) is 6.38. The molecule has 0 aliphatic carbocycles. The van der Waals surface area contributed by atoms with Gasteiger partial charge in [-0.25, -0.2) is 0 Å². The molecule has 0 fully saturated rings. The molecule has 9 heteroatoms. The van der Waals surface area contributed by atoms with Gasteiger partial charge in [0.15, 0.2) is 12.4 Å². The third-order valence-electron chi connectivity index (χ3n) is 2.80. The molecule has 118 valence electrons. The van der Waals surface area contributed by atoms with E-state index in [9.17, 15) is 25.0 Å². The summed E-state index contributed by atoms with van der Waals surface area (Å²) >= 11 is 0. The lowest BCUT2D eigenvalue weighted by Crippen LogP contribution is -2.21. The molecule has 0 aliphatic rings. The summed E-state index contributed by atoms with van der Waals surface area (Å²) in [6, 6.07) is 11.2. The highest BCUT2D eigenvalue weighted by Gasteiger charge is 2.17. The summed E-state index contributed by atoms with van der Waals surface area (Å²) in [6.07, 6.45) is 0. The third kappa shape index (κ3) is 4.00. The summed E-state index contributed by atoms with van der Waals surface area (Å²) in [5, 5.41) is 24.0. The van der Waals surface area contributed by atoms with Gasteiger partial charge in [-0.15, -0.1) is 0 Å². The largest absolute Gasteiger partial charge is 0.477 e. The van der Waals surface area contributed by atoms with Crippen LogP contribution in [0.2, 0.25) is 0 Å². The number of ether oxygens (including phenoxy) is 1. The molecule has 1 N–H and O–H groups in total. The van der Waals surface area contributed by atoms with E-state index in [1.165, 1.54) is 48.5 Å². The Kier molecular flexibility index (Phi) is 4.82. The first-order valence-electron chi connectivity index (χ1n) is 6.38. The number of nitro benzene ring substituents is 2. The van der Waals surface area contributed by atoms with E-state index < -0.39 is 22.4 Å². The van der Waals surface area contributed by atoms with Crippen LogP contribution in [0.4, 0.5) is 17.1 Å². The maximum Gasteiger partial charge on any atom is 0.310 e. The van der Waals surface area contributed by atoms with Crippen LogP contribution in [0.25, 0.3) is 0 Å². The fourth-order valence-corrected chi connectivity index (χ4v) is 1.80. The minimum absolute atomic E-state index is 0.0219. The maximum atomic E-state index is 11.8. The molecule has 0 aromatic heterocycles. The molecule has 9 nitrogen and oxygen atoms in total. The van der Waals surface area contributed by atoms with E-state index in [0.29, 0.717) is 0 Å². The SMILES string of the molecule is O=C(COc1ccccc1[N+](=O)[O-])Nc1ccccc1[N+](=O)[O-]. The smallest absolute Gasteiger partial charge is 0.310 e. The Morgan fingerprint density at radius 3 is 2.17 bits per heavy atom. The Bertz CT molecular complexity index is 762. The number of amides is 1. The van der Waals surface area contributed by atoms with Gasteiger partial charge in [-0.2, -0.15) is 0 Å². The van der Waals surface area contributed by atoms with E-state index in [4.69, 9.17) is 4.74 Å². The number of hydrogen-bond donors (Lipinski definition) is 1. The van der Waals surface area contributed by atoms with Crippen LogP contribution in [0.5, 0.6) is 5.75 Å². The van der Waals surface area contributed by atoms with Crippen molar-refractivity contribution in [1.82, 2.24) is 0 Å². The Hall–Kier alpha value is -3.49. The van der Waals surface area contributed by atoms with Crippen LogP contribution in [-0.2, 0) is 4.79 Å². The van der Waals surface area contributed by atoms with Crippen molar-refractivity contribution >= 4 is 23.0 Å². The van der Waals surface area contributed by atoms with Gasteiger partial charge in [0, 0.05) is 12.1 Å². The van der Waals surface area contributed by atoms with Gasteiger partial charge in [0.25, 0.3) is 11.6 Å². The maximum absolute atomic E-state index is 11.8. The van der Waals surface area contributed by atoms with E-state index in [1.807, 2.05) is 0 Å². The summed E-state index contributed by atoms with van der Waals surface area (Å²) in [5.41, 5.74) is -0.508. The number of nitro groups is 2. The molecule has 0 heterocycles. The van der Waals surface area contributed by atoms with E-state index in [1.54, 1.807) is 0 Å². The first kappa shape index (κ1) is 15.9. The minimum atomic E-state index is -0.669. The lowest BCUT2D eigenvalue weighted by Gasteiger charge is -2.08. The Morgan fingerprint density at radius 2 is 1.52 bits per heavy atom. The first-order chi connectivity index (χ1) is 11.0. The van der Waals surface area contributed by atoms with Gasteiger partial charge < -0.3 is 10.1 Å². The van der Waals surface area contributed by atoms with Crippen LogP contribution in [0, 0.1) is 20.2 Å². The van der Waals surface area contributed by atoms with Gasteiger partial charge in [0.05, 0.1) is 9.85 Å². The van der Waals surface area contributed by atoms with Gasteiger partial charge in [0.1, 0.15) is 5.69 Å². The predicted octanol–water partition coefficient (Wildman–Crippen LogP) is 2.52. The molecule has 0 saturated heterocycles. The second-order valence-electron chi connectivity index (χ2n) is 4.34. The molecular formula is C14H11N3O6. The predicted molar refractivity (Wildman–Crippen MR) is 80.3 cm³/mol. The number of hydrogen-bond acceptors (Lipinski definition) is 6. The number of carbonyl (C=O) groups excluding carboxylic acids is 1. The Morgan fingerprint density at radius 1 is 0.957 bits per heavy atom. The van der Waals surface area contributed by atoms with E-state index in [0.717, 1.165) is 0 Å². The van der Waals surface area contributed by atoms with Crippen molar-refractivity contribution in [3.05, 3.63) is 68.8 Å². The number of carbonyl (C=O) groups is 1. The van der Waals surface area contributed by atoms with Crippen molar-refractivity contribution in [1.29, 1.82) is 0 Å². The van der Waals surface area contributed by atoms with Gasteiger partial charge >= 0.3 is 5.69 Å². The average Bonchev–Trinajstić information content (AvgIpc) is 2.53. The highest BCUT2D eigenvalue weighted by Crippen LogP contribution is 2.26. The molecule has 2 rings (SSSR count). The van der Waals surface area contributed by atoms with Crippen molar-refractivity contribution in [2.75, 3.05) is 11.9 Å². The van der Waals surface area contributed by atoms with E-state index in [-0.39, 0.29) is 22.8 Å². The number of nitrogens with zero attached hydrogens (tertiary/aromatic N) is 2. The second kappa shape index (κ2) is 6.98. The van der Waals surface area contributed by atoms with Crippen molar-refractivity contribution in [2.45, 2.75) is 0 Å². The van der Waals surface area contributed by atoms with Gasteiger partial charge in [-0.3, -0.25) is 25.0 Å². The fraction of sp³-hybridized carbons (Fsp3) is 0.0714. The fourth-order valence-electron chi connectivity index (χ4n) is 1.80. The molecule has 1 amide bonds. The molecule has 0 saturated carbocycles. The number of rotatable bonds is 6. The van der Waals surface area contributed by atoms with Crippen molar-refractivity contribution in [3.63, 3.8) is 0 Å². The molecule has 0 unspecified atom stereocenters. The second-order valence-corrected chi connectivity index (χ2v) is 4.34. The topological polar surface area (TPSA) is 125 Å². The van der Waals surface area contributed by atoms with Gasteiger partial charge in [-0.1, -0.05) is 24.3 Å². The monoisotopic (exact) mass is 317 g/mol.